The van der Waals surface area contributed by atoms with Gasteiger partial charge in [0.25, 0.3) is 0 Å². The molecular formula is C25H40N2O6. The lowest BCUT2D eigenvalue weighted by atomic mass is 9.70. The van der Waals surface area contributed by atoms with Crippen LogP contribution < -0.4 is 0 Å². The number of amides is 2. The summed E-state index contributed by atoms with van der Waals surface area (Å²) in [5.41, 5.74) is -1.07. The van der Waals surface area contributed by atoms with Crippen molar-refractivity contribution in [2.45, 2.75) is 83.6 Å². The first-order chi connectivity index (χ1) is 15.8. The van der Waals surface area contributed by atoms with Crippen LogP contribution in [0.3, 0.4) is 0 Å². The van der Waals surface area contributed by atoms with E-state index in [4.69, 9.17) is 9.47 Å². The van der Waals surface area contributed by atoms with Gasteiger partial charge in [0.1, 0.15) is 11.6 Å². The number of hydrogen-bond acceptors (Lipinski definition) is 6. The van der Waals surface area contributed by atoms with Crippen molar-refractivity contribution in [3.05, 3.63) is 12.7 Å². The number of likely N-dealkylation sites (tertiary alicyclic amines) is 1. The minimum absolute atomic E-state index is 0.0735. The molecule has 8 nitrogen and oxygen atoms in total. The number of unbranched alkanes of at least 4 members (excludes halogenated alkanes) is 2. The zero-order chi connectivity index (χ0) is 24.3. The molecule has 33 heavy (non-hydrogen) atoms. The van der Waals surface area contributed by atoms with Gasteiger partial charge in [-0.2, -0.15) is 0 Å². The lowest BCUT2D eigenvalue weighted by molar-refractivity contribution is -0.156. The van der Waals surface area contributed by atoms with E-state index in [0.717, 1.165) is 19.3 Å². The summed E-state index contributed by atoms with van der Waals surface area (Å²) in [5, 5.41) is 10.2. The zero-order valence-electron chi connectivity index (χ0n) is 20.5. The Morgan fingerprint density at radius 3 is 2.67 bits per heavy atom. The highest BCUT2D eigenvalue weighted by Crippen LogP contribution is 2.59. The molecule has 0 aromatic carbocycles. The van der Waals surface area contributed by atoms with Crippen LogP contribution in [0.2, 0.25) is 0 Å². The molecule has 1 spiro atoms. The largest absolute Gasteiger partial charge is 0.466 e. The first kappa shape index (κ1) is 25.7. The minimum Gasteiger partial charge on any atom is -0.466 e. The van der Waals surface area contributed by atoms with Crippen LogP contribution in [0.5, 0.6) is 0 Å². The van der Waals surface area contributed by atoms with Crippen molar-refractivity contribution in [1.29, 1.82) is 0 Å². The highest BCUT2D eigenvalue weighted by Gasteiger charge is 2.75. The third-order valence-corrected chi connectivity index (χ3v) is 7.54. The van der Waals surface area contributed by atoms with Crippen molar-refractivity contribution in [3.8, 4) is 0 Å². The van der Waals surface area contributed by atoms with Crippen LogP contribution in [-0.2, 0) is 23.9 Å². The Morgan fingerprint density at radius 2 is 2.09 bits per heavy atom. The van der Waals surface area contributed by atoms with Gasteiger partial charge in [-0.25, -0.2) is 0 Å². The molecular weight excluding hydrogens is 424 g/mol. The predicted molar refractivity (Wildman–Crippen MR) is 123 cm³/mol. The maximum atomic E-state index is 14.1. The second-order valence-corrected chi connectivity index (χ2v) is 9.83. The summed E-state index contributed by atoms with van der Waals surface area (Å²) in [5.74, 6) is -2.47. The molecule has 0 unspecified atom stereocenters. The van der Waals surface area contributed by atoms with Gasteiger partial charge in [-0.1, -0.05) is 39.7 Å². The first-order valence-corrected chi connectivity index (χ1v) is 12.5. The van der Waals surface area contributed by atoms with Gasteiger partial charge in [0.05, 0.1) is 37.2 Å². The van der Waals surface area contributed by atoms with Crippen LogP contribution in [0.25, 0.3) is 0 Å². The molecule has 0 aliphatic carbocycles. The average Bonchev–Trinajstić information content (AvgIpc) is 3.41. The van der Waals surface area contributed by atoms with Crippen molar-refractivity contribution in [2.24, 2.45) is 17.8 Å². The predicted octanol–water partition coefficient (Wildman–Crippen LogP) is 2.15. The molecule has 3 aliphatic heterocycles. The lowest BCUT2D eigenvalue weighted by Gasteiger charge is -2.40. The fraction of sp³-hybridized carbons (Fsp3) is 0.800. The van der Waals surface area contributed by atoms with Crippen LogP contribution in [0.1, 0.15) is 59.8 Å². The number of carbonyl (C=O) groups is 3. The molecule has 0 aromatic rings. The van der Waals surface area contributed by atoms with E-state index in [0.29, 0.717) is 25.9 Å². The molecule has 6 atom stereocenters. The van der Waals surface area contributed by atoms with Crippen LogP contribution in [0.15, 0.2) is 12.7 Å². The summed E-state index contributed by atoms with van der Waals surface area (Å²) in [6.45, 7) is 12.4. The van der Waals surface area contributed by atoms with E-state index in [-0.39, 0.29) is 30.9 Å². The second-order valence-electron chi connectivity index (χ2n) is 9.83. The summed E-state index contributed by atoms with van der Waals surface area (Å²) in [6.07, 6.45) is 5.29. The van der Waals surface area contributed by atoms with Crippen molar-refractivity contribution in [2.75, 3.05) is 26.3 Å². The van der Waals surface area contributed by atoms with Crippen molar-refractivity contribution < 1.29 is 29.0 Å². The Bertz CT molecular complexity index is 755. The summed E-state index contributed by atoms with van der Waals surface area (Å²) in [4.78, 5) is 44.1. The van der Waals surface area contributed by atoms with E-state index in [1.165, 1.54) is 0 Å². The maximum absolute atomic E-state index is 14.1. The highest BCUT2D eigenvalue weighted by molar-refractivity contribution is 5.98. The topological polar surface area (TPSA) is 96.4 Å². The smallest absolute Gasteiger partial charge is 0.312 e. The quantitative estimate of drug-likeness (QED) is 0.270. The number of esters is 1. The maximum Gasteiger partial charge on any atom is 0.312 e. The number of rotatable bonds is 12. The third kappa shape index (κ3) is 4.32. The van der Waals surface area contributed by atoms with Crippen molar-refractivity contribution >= 4 is 17.8 Å². The van der Waals surface area contributed by atoms with Gasteiger partial charge in [0.2, 0.25) is 11.8 Å². The standard InChI is InChI=1S/C25H40N2O6/c1-6-9-10-14-26(13-7-2)23(30)21-25-12-11-18(33-25)19(24(31)32-8-3)20(25)22(29)27(21)17(15-28)16(4)5/h7,16-21,28H,2,6,8-15H2,1,3-5H3/t17-,18+,19-,20-,21+,25-/m0/s1. The van der Waals surface area contributed by atoms with E-state index in [1.807, 2.05) is 13.8 Å². The van der Waals surface area contributed by atoms with E-state index in [2.05, 4.69) is 13.5 Å². The molecule has 3 heterocycles. The van der Waals surface area contributed by atoms with Gasteiger partial charge in [-0.3, -0.25) is 14.4 Å². The van der Waals surface area contributed by atoms with Crippen molar-refractivity contribution in [3.63, 3.8) is 0 Å². The highest BCUT2D eigenvalue weighted by atomic mass is 16.6. The molecule has 1 N–H and O–H groups in total. The van der Waals surface area contributed by atoms with Gasteiger partial charge in [0, 0.05) is 13.1 Å². The van der Waals surface area contributed by atoms with Crippen LogP contribution in [0.4, 0.5) is 0 Å². The lowest BCUT2D eigenvalue weighted by Crippen LogP contribution is -2.59. The Balaban J connectivity index is 2.04. The van der Waals surface area contributed by atoms with E-state index < -0.39 is 41.6 Å². The van der Waals surface area contributed by atoms with Crippen LogP contribution in [-0.4, -0.2) is 82.8 Å². The van der Waals surface area contributed by atoms with E-state index >= 15 is 0 Å². The zero-order valence-corrected chi connectivity index (χ0v) is 20.5. The Hall–Kier alpha value is -1.93. The normalized spacial score (nSPS) is 31.1. The van der Waals surface area contributed by atoms with E-state index in [9.17, 15) is 19.5 Å². The Kier molecular flexibility index (Phi) is 8.22. The monoisotopic (exact) mass is 464 g/mol. The molecule has 0 aromatic heterocycles. The number of nitrogens with zero attached hydrogens (tertiary/aromatic N) is 2. The molecule has 3 aliphatic rings. The molecule has 3 saturated heterocycles. The number of hydrogen-bond donors (Lipinski definition) is 1. The summed E-state index contributed by atoms with van der Waals surface area (Å²) >= 11 is 0. The average molecular weight is 465 g/mol. The number of aliphatic hydroxyl groups is 1. The molecule has 186 valence electrons. The minimum atomic E-state index is -1.07. The van der Waals surface area contributed by atoms with Gasteiger partial charge in [0.15, 0.2) is 0 Å². The van der Waals surface area contributed by atoms with Crippen LogP contribution >= 0.6 is 0 Å². The van der Waals surface area contributed by atoms with Gasteiger partial charge < -0.3 is 24.4 Å². The molecule has 8 heteroatoms. The third-order valence-electron chi connectivity index (χ3n) is 7.54. The Labute approximate surface area is 197 Å². The number of ether oxygens (including phenoxy) is 2. The summed E-state index contributed by atoms with van der Waals surface area (Å²) in [6, 6.07) is -1.42. The van der Waals surface area contributed by atoms with Crippen molar-refractivity contribution in [1.82, 2.24) is 9.80 Å². The number of fused-ring (bicyclic) bond motifs is 1. The number of aliphatic hydroxyl groups excluding tert-OH is 1. The molecule has 2 amide bonds. The van der Waals surface area contributed by atoms with E-state index in [1.54, 1.807) is 22.8 Å². The SMILES string of the molecule is C=CCN(CCCCC)C(=O)[C@H]1N([C@@H](CO)C(C)C)C(=O)[C@@H]2[C@@H](C(=O)OCC)[C@H]3CC[C@]21O3. The number of carbonyl (C=O) groups excluding carboxylic acids is 3. The summed E-state index contributed by atoms with van der Waals surface area (Å²) in [7, 11) is 0. The molecule has 2 bridgehead atoms. The van der Waals surface area contributed by atoms with Gasteiger partial charge in [-0.15, -0.1) is 6.58 Å². The van der Waals surface area contributed by atoms with Gasteiger partial charge >= 0.3 is 5.97 Å². The fourth-order valence-corrected chi connectivity index (χ4v) is 6.03. The summed E-state index contributed by atoms with van der Waals surface area (Å²) < 4.78 is 11.7. The second kappa shape index (κ2) is 10.6. The molecule has 3 fully saturated rings. The van der Waals surface area contributed by atoms with Gasteiger partial charge in [-0.05, 0) is 32.1 Å². The molecule has 0 saturated carbocycles. The fourth-order valence-electron chi connectivity index (χ4n) is 6.03. The molecule has 3 rings (SSSR count). The Morgan fingerprint density at radius 1 is 1.36 bits per heavy atom. The molecule has 0 radical (unpaired) electrons. The first-order valence-electron chi connectivity index (χ1n) is 12.5. The van der Waals surface area contributed by atoms with Crippen LogP contribution in [0, 0.1) is 17.8 Å².